The highest BCUT2D eigenvalue weighted by molar-refractivity contribution is 5.69. The Labute approximate surface area is 171 Å². The van der Waals surface area contributed by atoms with Crippen molar-refractivity contribution in [3.63, 3.8) is 0 Å². The Morgan fingerprint density at radius 1 is 0.710 bits per heavy atom. The van der Waals surface area contributed by atoms with Gasteiger partial charge in [-0.3, -0.25) is 4.79 Å². The molecule has 0 unspecified atom stereocenters. The second-order valence-electron chi connectivity index (χ2n) is 6.88. The first-order valence-electron chi connectivity index (χ1n) is 9.35. The predicted molar refractivity (Wildman–Crippen MR) is 87.7 cm³/mol. The molecule has 14 heteroatoms. The molecular weight excluding hydrogens is 459 g/mol. The molecule has 186 valence electrons. The third kappa shape index (κ3) is 7.07. The lowest BCUT2D eigenvalue weighted by Crippen LogP contribution is -2.67. The zero-order chi connectivity index (χ0) is 24.7. The van der Waals surface area contributed by atoms with E-state index in [0.29, 0.717) is 13.1 Å². The number of hydrogen-bond acceptors (Lipinski definition) is 3. The van der Waals surface area contributed by atoms with E-state index in [1.807, 2.05) is 13.8 Å². The zero-order valence-corrected chi connectivity index (χ0v) is 16.8. The minimum Gasteiger partial charge on any atom is -0.459 e. The first-order chi connectivity index (χ1) is 13.9. The minimum absolute atomic E-state index is 0.0386. The van der Waals surface area contributed by atoms with Gasteiger partial charge < -0.3 is 9.64 Å². The number of esters is 1. The number of unbranched alkanes of at least 4 members (excludes halogenated alkanes) is 2. The van der Waals surface area contributed by atoms with Crippen molar-refractivity contribution in [3.8, 4) is 0 Å². The number of hydrogen-bond donors (Lipinski definition) is 0. The summed E-state index contributed by atoms with van der Waals surface area (Å²) in [6.07, 6.45) is -4.79. The largest absolute Gasteiger partial charge is 0.460 e. The van der Waals surface area contributed by atoms with Gasteiger partial charge in [0.05, 0.1) is 6.42 Å². The van der Waals surface area contributed by atoms with E-state index < -0.39 is 48.9 Å². The molecule has 0 spiro atoms. The van der Waals surface area contributed by atoms with Crippen LogP contribution in [-0.2, 0) is 9.53 Å². The van der Waals surface area contributed by atoms with Crippen LogP contribution >= 0.6 is 0 Å². The number of carbonyl (C=O) groups excluding carboxylic acids is 1. The Kier molecular flexibility index (Phi) is 10.5. The van der Waals surface area contributed by atoms with Gasteiger partial charge in [0.2, 0.25) is 0 Å². The van der Waals surface area contributed by atoms with Crippen molar-refractivity contribution in [2.45, 2.75) is 75.8 Å². The molecule has 0 aromatic heterocycles. The van der Waals surface area contributed by atoms with Crippen LogP contribution in [0, 0.1) is 0 Å². The van der Waals surface area contributed by atoms with Crippen LogP contribution < -0.4 is 0 Å². The molecule has 0 aliphatic rings. The molecule has 0 heterocycles. The fraction of sp³-hybridized carbons (Fsp3) is 0.941. The fourth-order valence-electron chi connectivity index (χ4n) is 2.29. The predicted octanol–water partition coefficient (Wildman–Crippen LogP) is 5.93. The quantitative estimate of drug-likeness (QED) is 0.227. The highest BCUT2D eigenvalue weighted by atomic mass is 19.4. The van der Waals surface area contributed by atoms with E-state index in [0.717, 1.165) is 25.7 Å². The summed E-state index contributed by atoms with van der Waals surface area (Å²) in [5.41, 5.74) is 0. The van der Waals surface area contributed by atoms with Crippen molar-refractivity contribution in [1.82, 2.24) is 4.90 Å². The summed E-state index contributed by atoms with van der Waals surface area (Å²) < 4.78 is 145. The van der Waals surface area contributed by atoms with Crippen molar-refractivity contribution in [2.75, 3.05) is 26.2 Å². The molecule has 0 rings (SSSR count). The topological polar surface area (TPSA) is 29.5 Å². The maximum Gasteiger partial charge on any atom is 0.460 e. The Bertz CT molecular complexity index is 557. The van der Waals surface area contributed by atoms with E-state index in [9.17, 15) is 53.1 Å². The number of ether oxygens (including phenoxy) is 1. The highest BCUT2D eigenvalue weighted by Gasteiger charge is 2.87. The minimum atomic E-state index is -7.51. The normalized spacial score (nSPS) is 14.3. The van der Waals surface area contributed by atoms with E-state index in [4.69, 9.17) is 0 Å². The molecule has 0 saturated heterocycles. The summed E-state index contributed by atoms with van der Waals surface area (Å²) in [7, 11) is 0. The molecule has 0 saturated carbocycles. The SMILES string of the molecule is CCCCN(CCCC)CCC(=O)OCC(F)(F)C(F)(F)C(F)(F)C(F)(F)C(F)(F)F. The lowest BCUT2D eigenvalue weighted by Gasteiger charge is -2.36. The molecule has 0 aliphatic carbocycles. The van der Waals surface area contributed by atoms with E-state index in [1.165, 1.54) is 0 Å². The van der Waals surface area contributed by atoms with Crippen LogP contribution in [0.5, 0.6) is 0 Å². The van der Waals surface area contributed by atoms with Crippen LogP contribution in [0.3, 0.4) is 0 Å². The van der Waals surface area contributed by atoms with E-state index in [1.54, 1.807) is 4.90 Å². The molecule has 3 nitrogen and oxygen atoms in total. The van der Waals surface area contributed by atoms with Gasteiger partial charge in [-0.15, -0.1) is 0 Å². The lowest BCUT2D eigenvalue weighted by atomic mass is 9.98. The van der Waals surface area contributed by atoms with Gasteiger partial charge in [0, 0.05) is 6.54 Å². The molecule has 0 bridgehead atoms. The summed E-state index contributed by atoms with van der Waals surface area (Å²) in [5, 5.41) is 0. The Morgan fingerprint density at radius 2 is 1.16 bits per heavy atom. The number of halogens is 11. The van der Waals surface area contributed by atoms with Gasteiger partial charge in [-0.25, -0.2) is 0 Å². The van der Waals surface area contributed by atoms with Gasteiger partial charge in [-0.1, -0.05) is 26.7 Å². The van der Waals surface area contributed by atoms with Gasteiger partial charge in [0.1, 0.15) is 0 Å². The molecule has 0 aromatic carbocycles. The molecular formula is C17H24F11NO2. The van der Waals surface area contributed by atoms with Crippen LogP contribution in [0.15, 0.2) is 0 Å². The monoisotopic (exact) mass is 483 g/mol. The van der Waals surface area contributed by atoms with Crippen LogP contribution in [-0.4, -0.2) is 67.0 Å². The fourth-order valence-corrected chi connectivity index (χ4v) is 2.29. The molecule has 0 radical (unpaired) electrons. The van der Waals surface area contributed by atoms with Crippen molar-refractivity contribution in [3.05, 3.63) is 0 Å². The van der Waals surface area contributed by atoms with Gasteiger partial charge in [0.15, 0.2) is 6.61 Å². The second kappa shape index (κ2) is 11.0. The standard InChI is InChI=1S/C17H24F11NO2/c1-3-5-8-29(9-6-4-2)10-7-12(30)31-11-13(18,19)14(20,21)15(22,23)16(24,25)17(26,27)28/h3-11H2,1-2H3. The molecule has 0 aliphatic heterocycles. The van der Waals surface area contributed by atoms with Crippen LogP contribution in [0.1, 0.15) is 46.0 Å². The maximum atomic E-state index is 13.5. The number of rotatable bonds is 14. The molecule has 31 heavy (non-hydrogen) atoms. The number of alkyl halides is 11. The van der Waals surface area contributed by atoms with Gasteiger partial charge in [0.25, 0.3) is 0 Å². The molecule has 0 atom stereocenters. The molecule has 0 N–H and O–H groups in total. The third-order valence-electron chi connectivity index (χ3n) is 4.31. The number of nitrogens with zero attached hydrogens (tertiary/aromatic N) is 1. The summed E-state index contributed by atoms with van der Waals surface area (Å²) in [6, 6.07) is 0. The zero-order valence-electron chi connectivity index (χ0n) is 16.8. The number of carbonyl (C=O) groups is 1. The van der Waals surface area contributed by atoms with Crippen molar-refractivity contribution in [1.29, 1.82) is 0 Å². The summed E-state index contributed by atoms with van der Waals surface area (Å²) in [4.78, 5) is 13.3. The van der Waals surface area contributed by atoms with Crippen molar-refractivity contribution >= 4 is 5.97 Å². The first-order valence-corrected chi connectivity index (χ1v) is 9.35. The van der Waals surface area contributed by atoms with E-state index in [-0.39, 0.29) is 6.54 Å². The van der Waals surface area contributed by atoms with E-state index in [2.05, 4.69) is 4.74 Å². The third-order valence-corrected chi connectivity index (χ3v) is 4.31. The van der Waals surface area contributed by atoms with Crippen LogP contribution in [0.4, 0.5) is 48.3 Å². The van der Waals surface area contributed by atoms with Crippen molar-refractivity contribution < 1.29 is 57.8 Å². The Balaban J connectivity index is 5.13. The van der Waals surface area contributed by atoms with Crippen LogP contribution in [0.25, 0.3) is 0 Å². The molecule has 0 amide bonds. The highest BCUT2D eigenvalue weighted by Crippen LogP contribution is 2.57. The first kappa shape index (κ1) is 29.7. The van der Waals surface area contributed by atoms with Crippen LogP contribution in [0.2, 0.25) is 0 Å². The second-order valence-corrected chi connectivity index (χ2v) is 6.88. The Hall–Kier alpha value is -1.34. The van der Waals surface area contributed by atoms with E-state index >= 15 is 0 Å². The smallest absolute Gasteiger partial charge is 0.459 e. The lowest BCUT2D eigenvalue weighted by molar-refractivity contribution is -0.423. The van der Waals surface area contributed by atoms with Gasteiger partial charge in [-0.2, -0.15) is 48.3 Å². The molecule has 0 aromatic rings. The summed E-state index contributed by atoms with van der Waals surface area (Å²) >= 11 is 0. The molecule has 0 fully saturated rings. The summed E-state index contributed by atoms with van der Waals surface area (Å²) in [5.74, 6) is -29.9. The Morgan fingerprint density at radius 3 is 1.55 bits per heavy atom. The average molecular weight is 483 g/mol. The van der Waals surface area contributed by atoms with Crippen molar-refractivity contribution in [2.24, 2.45) is 0 Å². The summed E-state index contributed by atoms with van der Waals surface area (Å²) in [6.45, 7) is 1.97. The maximum absolute atomic E-state index is 13.5. The van der Waals surface area contributed by atoms with Gasteiger partial charge in [-0.05, 0) is 25.9 Å². The average Bonchev–Trinajstić information content (AvgIpc) is 2.64. The van der Waals surface area contributed by atoms with Gasteiger partial charge >= 0.3 is 35.8 Å².